The molecule has 1 aromatic heterocycles. The van der Waals surface area contributed by atoms with Gasteiger partial charge in [0.25, 0.3) is 0 Å². The number of halogens is 1. The van der Waals surface area contributed by atoms with Crippen molar-refractivity contribution in [2.75, 3.05) is 6.54 Å². The molecule has 0 atom stereocenters. The van der Waals surface area contributed by atoms with Crippen LogP contribution < -0.4 is 11.1 Å². The van der Waals surface area contributed by atoms with Crippen molar-refractivity contribution in [2.45, 2.75) is 32.4 Å². The second kappa shape index (κ2) is 5.26. The lowest BCUT2D eigenvalue weighted by molar-refractivity contribution is 0.367. The van der Waals surface area contributed by atoms with Crippen LogP contribution in [0.1, 0.15) is 25.1 Å². The maximum atomic E-state index is 5.54. The van der Waals surface area contributed by atoms with Gasteiger partial charge >= 0.3 is 0 Å². The summed E-state index contributed by atoms with van der Waals surface area (Å²) < 4.78 is 1.16. The van der Waals surface area contributed by atoms with E-state index >= 15 is 0 Å². The van der Waals surface area contributed by atoms with Gasteiger partial charge in [0, 0.05) is 26.8 Å². The predicted molar refractivity (Wildman–Crippen MR) is 66.6 cm³/mol. The van der Waals surface area contributed by atoms with Crippen LogP contribution in [-0.2, 0) is 6.54 Å². The Kier molecular flexibility index (Phi) is 4.57. The maximum absolute atomic E-state index is 5.54. The van der Waals surface area contributed by atoms with Crippen LogP contribution in [0.25, 0.3) is 0 Å². The summed E-state index contributed by atoms with van der Waals surface area (Å²) in [5.74, 6) is 0. The summed E-state index contributed by atoms with van der Waals surface area (Å²) in [6, 6.07) is 2.15. The van der Waals surface area contributed by atoms with Gasteiger partial charge in [-0.15, -0.1) is 11.3 Å². The summed E-state index contributed by atoms with van der Waals surface area (Å²) in [6.07, 6.45) is 1.000. The van der Waals surface area contributed by atoms with E-state index in [2.05, 4.69) is 46.5 Å². The summed E-state index contributed by atoms with van der Waals surface area (Å²) in [5.41, 5.74) is 5.67. The molecular weight excluding hydrogens is 260 g/mol. The first-order valence-corrected chi connectivity index (χ1v) is 6.39. The second-order valence-electron chi connectivity index (χ2n) is 4.01. The van der Waals surface area contributed by atoms with E-state index in [1.807, 2.05) is 0 Å². The third-order valence-corrected chi connectivity index (χ3v) is 3.83. The molecule has 1 aromatic rings. The molecule has 0 fully saturated rings. The van der Waals surface area contributed by atoms with Gasteiger partial charge in [-0.25, -0.2) is 0 Å². The number of hydrogen-bond acceptors (Lipinski definition) is 3. The molecule has 2 nitrogen and oxygen atoms in total. The molecule has 0 saturated heterocycles. The highest BCUT2D eigenvalue weighted by Crippen LogP contribution is 2.20. The number of rotatable bonds is 5. The van der Waals surface area contributed by atoms with Crippen molar-refractivity contribution in [3.8, 4) is 0 Å². The van der Waals surface area contributed by atoms with Crippen LogP contribution in [0.3, 0.4) is 0 Å². The summed E-state index contributed by atoms with van der Waals surface area (Å²) in [5, 5.41) is 5.60. The first-order chi connectivity index (χ1) is 6.53. The Morgan fingerprint density at radius 1 is 1.57 bits per heavy atom. The summed E-state index contributed by atoms with van der Waals surface area (Å²) in [6.45, 7) is 6.02. The van der Waals surface area contributed by atoms with Crippen LogP contribution in [0.2, 0.25) is 0 Å². The lowest BCUT2D eigenvalue weighted by atomic mass is 10.0. The molecule has 0 aromatic carbocycles. The van der Waals surface area contributed by atoms with Crippen LogP contribution >= 0.6 is 27.3 Å². The van der Waals surface area contributed by atoms with Crippen LogP contribution in [-0.4, -0.2) is 12.1 Å². The smallest absolute Gasteiger partial charge is 0.0305 e. The van der Waals surface area contributed by atoms with E-state index in [9.17, 15) is 0 Å². The van der Waals surface area contributed by atoms with Gasteiger partial charge in [0.2, 0.25) is 0 Å². The zero-order valence-electron chi connectivity index (χ0n) is 8.64. The van der Waals surface area contributed by atoms with Crippen LogP contribution in [0.5, 0.6) is 0 Å². The molecule has 0 saturated carbocycles. The van der Waals surface area contributed by atoms with Gasteiger partial charge < -0.3 is 11.1 Å². The van der Waals surface area contributed by atoms with Gasteiger partial charge in [-0.1, -0.05) is 0 Å². The first-order valence-electron chi connectivity index (χ1n) is 4.71. The van der Waals surface area contributed by atoms with Gasteiger partial charge in [-0.2, -0.15) is 0 Å². The predicted octanol–water partition coefficient (Wildman–Crippen LogP) is 2.73. The van der Waals surface area contributed by atoms with Crippen LogP contribution in [0.15, 0.2) is 15.9 Å². The fraction of sp³-hybridized carbons (Fsp3) is 0.600. The normalized spacial score (nSPS) is 12.0. The highest BCUT2D eigenvalue weighted by atomic mass is 79.9. The van der Waals surface area contributed by atoms with E-state index < -0.39 is 0 Å². The standard InChI is InChI=1S/C10H17BrN2S/c1-10(2,3-4-12)13-6-9-5-8(11)7-14-9/h5,7,13H,3-4,6,12H2,1-2H3. The summed E-state index contributed by atoms with van der Waals surface area (Å²) in [4.78, 5) is 1.35. The lowest BCUT2D eigenvalue weighted by Crippen LogP contribution is -2.40. The highest BCUT2D eigenvalue weighted by Gasteiger charge is 2.15. The average Bonchev–Trinajstić information content (AvgIpc) is 2.48. The Balaban J connectivity index is 2.40. The monoisotopic (exact) mass is 276 g/mol. The molecule has 0 aliphatic heterocycles. The molecule has 0 amide bonds. The molecule has 1 rings (SSSR count). The molecule has 4 heteroatoms. The quantitative estimate of drug-likeness (QED) is 0.868. The fourth-order valence-electron chi connectivity index (χ4n) is 1.22. The van der Waals surface area contributed by atoms with Crippen molar-refractivity contribution in [3.63, 3.8) is 0 Å². The van der Waals surface area contributed by atoms with Gasteiger partial charge in [0.1, 0.15) is 0 Å². The van der Waals surface area contributed by atoms with Crippen LogP contribution in [0.4, 0.5) is 0 Å². The van der Waals surface area contributed by atoms with Gasteiger partial charge in [-0.05, 0) is 48.8 Å². The minimum atomic E-state index is 0.130. The third-order valence-electron chi connectivity index (χ3n) is 2.13. The minimum absolute atomic E-state index is 0.130. The van der Waals surface area contributed by atoms with E-state index in [4.69, 9.17) is 5.73 Å². The number of nitrogens with two attached hydrogens (primary N) is 1. The molecule has 0 bridgehead atoms. The largest absolute Gasteiger partial charge is 0.330 e. The molecule has 0 aliphatic rings. The SMILES string of the molecule is CC(C)(CCN)NCc1cc(Br)cs1. The molecule has 0 radical (unpaired) electrons. The van der Waals surface area contributed by atoms with Crippen molar-refractivity contribution in [1.82, 2.24) is 5.32 Å². The van der Waals surface area contributed by atoms with E-state index in [-0.39, 0.29) is 5.54 Å². The van der Waals surface area contributed by atoms with Crippen LogP contribution in [0, 0.1) is 0 Å². The van der Waals surface area contributed by atoms with E-state index in [1.54, 1.807) is 11.3 Å². The van der Waals surface area contributed by atoms with Crippen molar-refractivity contribution >= 4 is 27.3 Å². The number of thiophene rings is 1. The molecule has 14 heavy (non-hydrogen) atoms. The van der Waals surface area contributed by atoms with Crippen molar-refractivity contribution in [1.29, 1.82) is 0 Å². The molecular formula is C10H17BrN2S. The molecule has 0 unspecified atom stereocenters. The van der Waals surface area contributed by atoms with Crippen molar-refractivity contribution < 1.29 is 0 Å². The minimum Gasteiger partial charge on any atom is -0.330 e. The van der Waals surface area contributed by atoms with E-state index in [1.165, 1.54) is 4.88 Å². The summed E-state index contributed by atoms with van der Waals surface area (Å²) in [7, 11) is 0. The summed E-state index contributed by atoms with van der Waals surface area (Å²) >= 11 is 5.21. The lowest BCUT2D eigenvalue weighted by Gasteiger charge is -2.25. The number of nitrogens with one attached hydrogen (secondary N) is 1. The Morgan fingerprint density at radius 2 is 2.29 bits per heavy atom. The zero-order chi connectivity index (χ0) is 10.6. The molecule has 1 heterocycles. The van der Waals surface area contributed by atoms with Gasteiger partial charge in [-0.3, -0.25) is 0 Å². The molecule has 0 spiro atoms. The Labute approximate surface area is 98.0 Å². The fourth-order valence-corrected chi connectivity index (χ4v) is 2.61. The van der Waals surface area contributed by atoms with E-state index in [0.717, 1.165) is 24.0 Å². The zero-order valence-corrected chi connectivity index (χ0v) is 11.0. The van der Waals surface area contributed by atoms with Crippen molar-refractivity contribution in [3.05, 3.63) is 20.8 Å². The molecule has 80 valence electrons. The number of hydrogen-bond donors (Lipinski definition) is 2. The van der Waals surface area contributed by atoms with Crippen molar-refractivity contribution in [2.24, 2.45) is 5.73 Å². The van der Waals surface area contributed by atoms with E-state index in [0.29, 0.717) is 0 Å². The topological polar surface area (TPSA) is 38.0 Å². The first kappa shape index (κ1) is 12.2. The molecule has 3 N–H and O–H groups in total. The Morgan fingerprint density at radius 3 is 2.79 bits per heavy atom. The molecule has 0 aliphatic carbocycles. The Bertz CT molecular complexity index is 283. The van der Waals surface area contributed by atoms with Gasteiger partial charge in [0.05, 0.1) is 0 Å². The second-order valence-corrected chi connectivity index (χ2v) is 5.92. The third kappa shape index (κ3) is 4.09. The Hall–Kier alpha value is 0.1000. The van der Waals surface area contributed by atoms with Gasteiger partial charge in [0.15, 0.2) is 0 Å². The maximum Gasteiger partial charge on any atom is 0.0305 e. The average molecular weight is 277 g/mol. The highest BCUT2D eigenvalue weighted by molar-refractivity contribution is 9.10.